The molecule has 154 valence electrons. The Hall–Kier alpha value is -1.90. The second-order valence-electron chi connectivity index (χ2n) is 7.13. The van der Waals surface area contributed by atoms with Crippen molar-refractivity contribution >= 4 is 23.1 Å². The number of amides is 1. The largest absolute Gasteiger partial charge is 0.490 e. The number of piperazine rings is 1. The Morgan fingerprint density at radius 3 is 2.50 bits per heavy atom. The van der Waals surface area contributed by atoms with E-state index in [1.165, 1.54) is 4.90 Å². The predicted octanol–water partition coefficient (Wildman–Crippen LogP) is -0.171. The van der Waals surface area contributed by atoms with E-state index < -0.39 is 0 Å². The van der Waals surface area contributed by atoms with Gasteiger partial charge in [-0.2, -0.15) is 0 Å². The molecule has 2 aliphatic rings. The molecule has 2 fully saturated rings. The van der Waals surface area contributed by atoms with Crippen LogP contribution in [0.15, 0.2) is 18.2 Å². The fourth-order valence-electron chi connectivity index (χ4n) is 3.35. The maximum absolute atomic E-state index is 12.3. The van der Waals surface area contributed by atoms with E-state index in [2.05, 4.69) is 11.9 Å². The first-order valence-electron chi connectivity index (χ1n) is 9.94. The molecule has 1 N–H and O–H groups in total. The second-order valence-corrected chi connectivity index (χ2v) is 7.51. The van der Waals surface area contributed by atoms with Gasteiger partial charge < -0.3 is 28.9 Å². The second kappa shape index (κ2) is 10.0. The number of ether oxygens (including phenoxy) is 3. The highest BCUT2D eigenvalue weighted by molar-refractivity contribution is 7.80. The molecule has 0 spiro atoms. The zero-order chi connectivity index (χ0) is 19.9. The first-order chi connectivity index (χ1) is 13.6. The van der Waals surface area contributed by atoms with Gasteiger partial charge in [0.15, 0.2) is 18.1 Å². The summed E-state index contributed by atoms with van der Waals surface area (Å²) in [4.78, 5) is 18.7. The predicted molar refractivity (Wildman–Crippen MR) is 110 cm³/mol. The fraction of sp³-hybridized carbons (Fsp3) is 0.600. The Bertz CT molecular complexity index is 686. The van der Waals surface area contributed by atoms with Gasteiger partial charge in [-0.15, -0.1) is 0 Å². The third-order valence-corrected chi connectivity index (χ3v) is 5.60. The molecule has 1 aromatic carbocycles. The summed E-state index contributed by atoms with van der Waals surface area (Å²) in [5.74, 6) is 1.15. The standard InChI is InChI=1S/C20H29N3O4S/c1-3-26-18-14-16(20(28)23-8-6-21(2)7-9-23)4-5-17(18)27-15-19(24)22-10-12-25-13-11-22/h4-5,14H,3,6-13,15H2,1-2H3/p+1. The zero-order valence-electron chi connectivity index (χ0n) is 16.7. The Labute approximate surface area is 172 Å². The van der Waals surface area contributed by atoms with Gasteiger partial charge in [-0.05, 0) is 25.1 Å². The summed E-state index contributed by atoms with van der Waals surface area (Å²) in [6.45, 7) is 8.91. The van der Waals surface area contributed by atoms with Crippen LogP contribution in [-0.2, 0) is 9.53 Å². The van der Waals surface area contributed by atoms with Crippen LogP contribution in [0.2, 0.25) is 0 Å². The molecule has 2 saturated heterocycles. The van der Waals surface area contributed by atoms with Gasteiger partial charge in [-0.3, -0.25) is 4.79 Å². The summed E-state index contributed by atoms with van der Waals surface area (Å²) in [7, 11) is 2.21. The third kappa shape index (κ3) is 5.33. The summed E-state index contributed by atoms with van der Waals surface area (Å²) in [5.41, 5.74) is 0.949. The minimum Gasteiger partial charge on any atom is -0.490 e. The van der Waals surface area contributed by atoms with Gasteiger partial charge in [0.25, 0.3) is 5.91 Å². The molecule has 0 radical (unpaired) electrons. The number of carbonyl (C=O) groups is 1. The molecule has 28 heavy (non-hydrogen) atoms. The highest BCUT2D eigenvalue weighted by Crippen LogP contribution is 2.29. The molecular weight excluding hydrogens is 378 g/mol. The number of likely N-dealkylation sites (N-methyl/N-ethyl adjacent to an activating group) is 1. The normalized spacial score (nSPS) is 18.1. The number of rotatable bonds is 6. The smallest absolute Gasteiger partial charge is 0.260 e. The molecule has 0 aromatic heterocycles. The highest BCUT2D eigenvalue weighted by atomic mass is 32.1. The summed E-state index contributed by atoms with van der Waals surface area (Å²) < 4.78 is 16.8. The first-order valence-corrected chi connectivity index (χ1v) is 10.3. The van der Waals surface area contributed by atoms with Gasteiger partial charge in [0.05, 0.1) is 53.0 Å². The first kappa shape index (κ1) is 20.8. The molecule has 2 heterocycles. The van der Waals surface area contributed by atoms with Gasteiger partial charge in [-0.25, -0.2) is 0 Å². The lowest BCUT2D eigenvalue weighted by Crippen LogP contribution is -3.12. The molecule has 2 aliphatic heterocycles. The van der Waals surface area contributed by atoms with E-state index in [4.69, 9.17) is 26.4 Å². The van der Waals surface area contributed by atoms with E-state index in [1.54, 1.807) is 4.90 Å². The number of carbonyl (C=O) groups excluding carboxylic acids is 1. The van der Waals surface area contributed by atoms with E-state index in [0.29, 0.717) is 44.4 Å². The van der Waals surface area contributed by atoms with Crippen molar-refractivity contribution in [3.05, 3.63) is 23.8 Å². The van der Waals surface area contributed by atoms with Gasteiger partial charge in [0.2, 0.25) is 0 Å². The Kier molecular flexibility index (Phi) is 7.47. The van der Waals surface area contributed by atoms with Crippen molar-refractivity contribution in [1.82, 2.24) is 9.80 Å². The number of thiocarbonyl (C=S) groups is 1. The number of hydrogen-bond donors (Lipinski definition) is 1. The topological polar surface area (TPSA) is 55.7 Å². The SMILES string of the molecule is CCOc1cc(C(=S)N2CC[NH+](C)CC2)ccc1OCC(=O)N1CCOCC1. The number of nitrogens with zero attached hydrogens (tertiary/aromatic N) is 2. The van der Waals surface area contributed by atoms with E-state index in [1.807, 2.05) is 25.1 Å². The van der Waals surface area contributed by atoms with Crippen LogP contribution >= 0.6 is 12.2 Å². The lowest BCUT2D eigenvalue weighted by atomic mass is 10.1. The molecule has 7 nitrogen and oxygen atoms in total. The number of morpholine rings is 1. The molecule has 0 aliphatic carbocycles. The van der Waals surface area contributed by atoms with E-state index in [9.17, 15) is 4.79 Å². The average Bonchev–Trinajstić information content (AvgIpc) is 2.73. The maximum atomic E-state index is 12.3. The van der Waals surface area contributed by atoms with Crippen LogP contribution in [0.3, 0.4) is 0 Å². The highest BCUT2D eigenvalue weighted by Gasteiger charge is 2.22. The molecule has 0 atom stereocenters. The van der Waals surface area contributed by atoms with Crippen LogP contribution in [-0.4, -0.2) is 93.4 Å². The average molecular weight is 409 g/mol. The molecule has 0 unspecified atom stereocenters. The van der Waals surface area contributed by atoms with Crippen LogP contribution < -0.4 is 14.4 Å². The molecule has 1 aromatic rings. The quantitative estimate of drug-likeness (QED) is 0.660. The van der Waals surface area contributed by atoms with Crippen molar-refractivity contribution in [3.8, 4) is 11.5 Å². The number of hydrogen-bond acceptors (Lipinski definition) is 5. The summed E-state index contributed by atoms with van der Waals surface area (Å²) >= 11 is 5.71. The number of benzene rings is 1. The van der Waals surface area contributed by atoms with Crippen molar-refractivity contribution in [2.45, 2.75) is 6.92 Å². The van der Waals surface area contributed by atoms with Crippen molar-refractivity contribution in [1.29, 1.82) is 0 Å². The van der Waals surface area contributed by atoms with Gasteiger partial charge in [-0.1, -0.05) is 12.2 Å². The fourth-order valence-corrected chi connectivity index (χ4v) is 3.66. The summed E-state index contributed by atoms with van der Waals surface area (Å²) in [5, 5.41) is 0. The Morgan fingerprint density at radius 2 is 1.82 bits per heavy atom. The van der Waals surface area contributed by atoms with Crippen molar-refractivity contribution < 1.29 is 23.9 Å². The molecule has 0 bridgehead atoms. The van der Waals surface area contributed by atoms with Crippen LogP contribution in [0.5, 0.6) is 11.5 Å². The van der Waals surface area contributed by atoms with Crippen LogP contribution in [0.25, 0.3) is 0 Å². The maximum Gasteiger partial charge on any atom is 0.260 e. The van der Waals surface area contributed by atoms with Crippen molar-refractivity contribution in [3.63, 3.8) is 0 Å². The van der Waals surface area contributed by atoms with Crippen LogP contribution in [0.4, 0.5) is 0 Å². The van der Waals surface area contributed by atoms with Crippen molar-refractivity contribution in [2.75, 3.05) is 72.7 Å². The van der Waals surface area contributed by atoms with Gasteiger partial charge >= 0.3 is 0 Å². The molecule has 1 amide bonds. The Morgan fingerprint density at radius 1 is 1.11 bits per heavy atom. The lowest BCUT2D eigenvalue weighted by molar-refractivity contribution is -0.883. The van der Waals surface area contributed by atoms with Crippen LogP contribution in [0, 0.1) is 0 Å². The van der Waals surface area contributed by atoms with E-state index in [0.717, 1.165) is 36.7 Å². The minimum absolute atomic E-state index is 0.00883. The number of quaternary nitrogens is 1. The monoisotopic (exact) mass is 408 g/mol. The molecule has 0 saturated carbocycles. The van der Waals surface area contributed by atoms with E-state index in [-0.39, 0.29) is 12.5 Å². The molecule has 3 rings (SSSR count). The third-order valence-electron chi connectivity index (χ3n) is 5.11. The lowest BCUT2D eigenvalue weighted by Gasteiger charge is -2.32. The summed E-state index contributed by atoms with van der Waals surface area (Å²) in [6, 6.07) is 5.72. The summed E-state index contributed by atoms with van der Waals surface area (Å²) in [6.07, 6.45) is 0. The van der Waals surface area contributed by atoms with Crippen molar-refractivity contribution in [2.24, 2.45) is 0 Å². The molecular formula is C20H30N3O4S+. The number of nitrogens with one attached hydrogen (secondary N) is 1. The molecule has 8 heteroatoms. The van der Waals surface area contributed by atoms with E-state index >= 15 is 0 Å². The minimum atomic E-state index is -0.0368. The Balaban J connectivity index is 1.64. The van der Waals surface area contributed by atoms with Gasteiger partial charge in [0, 0.05) is 18.7 Å². The van der Waals surface area contributed by atoms with Crippen LogP contribution in [0.1, 0.15) is 12.5 Å². The zero-order valence-corrected chi connectivity index (χ0v) is 17.6. The van der Waals surface area contributed by atoms with Gasteiger partial charge in [0.1, 0.15) is 4.99 Å².